The summed E-state index contributed by atoms with van der Waals surface area (Å²) in [5, 5.41) is 3.11. The van der Waals surface area contributed by atoms with E-state index in [2.05, 4.69) is 35.7 Å². The summed E-state index contributed by atoms with van der Waals surface area (Å²) in [7, 11) is 0. The third-order valence-electron chi connectivity index (χ3n) is 3.41. The molecule has 2 aromatic rings. The fraction of sp³-hybridized carbons (Fsp3) is 0.250. The van der Waals surface area contributed by atoms with Crippen LogP contribution in [-0.2, 0) is 9.53 Å². The zero-order valence-corrected chi connectivity index (χ0v) is 13.5. The highest BCUT2D eigenvalue weighted by atomic mass is 16.5. The quantitative estimate of drug-likeness (QED) is 0.597. The largest absolute Gasteiger partial charge is 0.465 e. The van der Waals surface area contributed by atoms with Crippen LogP contribution < -0.4 is 5.32 Å². The number of nitrogens with one attached hydrogen (secondary N) is 1. The van der Waals surface area contributed by atoms with E-state index in [1.54, 1.807) is 0 Å². The molecule has 0 spiro atoms. The molecule has 0 aromatic heterocycles. The van der Waals surface area contributed by atoms with Crippen molar-refractivity contribution in [2.75, 3.05) is 19.7 Å². The zero-order chi connectivity index (χ0) is 16.3. The Morgan fingerprint density at radius 1 is 1.00 bits per heavy atom. The minimum atomic E-state index is -0.206. The maximum absolute atomic E-state index is 11.3. The van der Waals surface area contributed by atoms with Crippen molar-refractivity contribution < 1.29 is 9.53 Å². The van der Waals surface area contributed by atoms with Crippen LogP contribution in [0.2, 0.25) is 0 Å². The van der Waals surface area contributed by atoms with Crippen LogP contribution in [0.1, 0.15) is 24.5 Å². The van der Waals surface area contributed by atoms with Gasteiger partial charge in [-0.25, -0.2) is 0 Å². The number of hydrogen-bond acceptors (Lipinski definition) is 3. The lowest BCUT2D eigenvalue weighted by Crippen LogP contribution is -2.25. The van der Waals surface area contributed by atoms with Gasteiger partial charge < -0.3 is 10.1 Å². The minimum absolute atomic E-state index is 0.206. The standard InChI is InChI=1S/C20H23NO2/c1-2-23-20(22)16-21-15-9-14-19(17-10-5-3-6-11-17)18-12-7-4-8-13-18/h3-8,10-14,21H,2,9,15-16H2,1H3. The van der Waals surface area contributed by atoms with E-state index >= 15 is 0 Å². The monoisotopic (exact) mass is 309 g/mol. The highest BCUT2D eigenvalue weighted by molar-refractivity contribution is 5.79. The smallest absolute Gasteiger partial charge is 0.319 e. The summed E-state index contributed by atoms with van der Waals surface area (Å²) >= 11 is 0. The van der Waals surface area contributed by atoms with Crippen LogP contribution in [0.3, 0.4) is 0 Å². The van der Waals surface area contributed by atoms with Crippen molar-refractivity contribution in [1.82, 2.24) is 5.32 Å². The Bertz CT molecular complexity index is 579. The van der Waals surface area contributed by atoms with Gasteiger partial charge >= 0.3 is 5.97 Å². The molecule has 0 aliphatic heterocycles. The van der Waals surface area contributed by atoms with Crippen LogP contribution in [0, 0.1) is 0 Å². The number of esters is 1. The van der Waals surface area contributed by atoms with Gasteiger partial charge in [-0.1, -0.05) is 66.7 Å². The predicted molar refractivity (Wildman–Crippen MR) is 94.1 cm³/mol. The van der Waals surface area contributed by atoms with Crippen molar-refractivity contribution in [3.63, 3.8) is 0 Å². The number of ether oxygens (including phenoxy) is 1. The van der Waals surface area contributed by atoms with E-state index in [1.807, 2.05) is 43.3 Å². The number of carbonyl (C=O) groups excluding carboxylic acids is 1. The topological polar surface area (TPSA) is 38.3 Å². The van der Waals surface area contributed by atoms with Crippen molar-refractivity contribution in [2.24, 2.45) is 0 Å². The molecule has 0 saturated heterocycles. The molecule has 0 aliphatic rings. The predicted octanol–water partition coefficient (Wildman–Crippen LogP) is 3.66. The number of benzene rings is 2. The number of carbonyl (C=O) groups is 1. The summed E-state index contributed by atoms with van der Waals surface area (Å²) in [6.07, 6.45) is 3.06. The molecule has 3 heteroatoms. The Morgan fingerprint density at radius 2 is 1.57 bits per heavy atom. The van der Waals surface area contributed by atoms with Gasteiger partial charge in [0.1, 0.15) is 0 Å². The lowest BCUT2D eigenvalue weighted by molar-refractivity contribution is -0.141. The summed E-state index contributed by atoms with van der Waals surface area (Å²) in [6, 6.07) is 20.7. The lowest BCUT2D eigenvalue weighted by atomic mass is 9.97. The van der Waals surface area contributed by atoms with Gasteiger partial charge in [0.2, 0.25) is 0 Å². The van der Waals surface area contributed by atoms with Gasteiger partial charge in [0, 0.05) is 0 Å². The van der Waals surface area contributed by atoms with E-state index in [1.165, 1.54) is 16.7 Å². The van der Waals surface area contributed by atoms with Crippen LogP contribution in [0.25, 0.3) is 5.57 Å². The maximum Gasteiger partial charge on any atom is 0.319 e. The normalized spacial score (nSPS) is 10.1. The third-order valence-corrected chi connectivity index (χ3v) is 3.41. The molecule has 3 nitrogen and oxygen atoms in total. The van der Waals surface area contributed by atoms with Gasteiger partial charge in [-0.3, -0.25) is 4.79 Å². The first-order valence-electron chi connectivity index (χ1n) is 7.98. The molecule has 23 heavy (non-hydrogen) atoms. The van der Waals surface area contributed by atoms with E-state index < -0.39 is 0 Å². The third kappa shape index (κ3) is 5.72. The average molecular weight is 309 g/mol. The molecular formula is C20H23NO2. The fourth-order valence-corrected chi connectivity index (χ4v) is 2.36. The van der Waals surface area contributed by atoms with E-state index in [0.717, 1.165) is 13.0 Å². The minimum Gasteiger partial charge on any atom is -0.465 e. The average Bonchev–Trinajstić information content (AvgIpc) is 2.60. The summed E-state index contributed by atoms with van der Waals surface area (Å²) in [5.41, 5.74) is 3.61. The Kier molecular flexibility index (Phi) is 7.08. The molecule has 0 radical (unpaired) electrons. The van der Waals surface area contributed by atoms with Crippen molar-refractivity contribution in [1.29, 1.82) is 0 Å². The van der Waals surface area contributed by atoms with Crippen LogP contribution in [0.15, 0.2) is 66.7 Å². The van der Waals surface area contributed by atoms with Crippen molar-refractivity contribution in [3.05, 3.63) is 77.9 Å². The van der Waals surface area contributed by atoms with Gasteiger partial charge in [-0.15, -0.1) is 0 Å². The molecule has 0 fully saturated rings. The second kappa shape index (κ2) is 9.59. The van der Waals surface area contributed by atoms with Crippen molar-refractivity contribution in [2.45, 2.75) is 13.3 Å². The summed E-state index contributed by atoms with van der Waals surface area (Å²) in [6.45, 7) is 3.23. The van der Waals surface area contributed by atoms with Gasteiger partial charge in [0.15, 0.2) is 0 Å². The molecule has 120 valence electrons. The van der Waals surface area contributed by atoms with E-state index in [4.69, 9.17) is 4.74 Å². The maximum atomic E-state index is 11.3. The molecule has 0 aliphatic carbocycles. The first kappa shape index (κ1) is 17.0. The first-order chi connectivity index (χ1) is 11.3. The van der Waals surface area contributed by atoms with E-state index in [-0.39, 0.29) is 12.5 Å². The molecule has 0 unspecified atom stereocenters. The highest BCUT2D eigenvalue weighted by Crippen LogP contribution is 2.23. The van der Waals surface area contributed by atoms with Gasteiger partial charge in [0.25, 0.3) is 0 Å². The van der Waals surface area contributed by atoms with Gasteiger partial charge in [-0.2, -0.15) is 0 Å². The molecule has 0 bridgehead atoms. The lowest BCUT2D eigenvalue weighted by Gasteiger charge is -2.09. The van der Waals surface area contributed by atoms with Crippen LogP contribution in [0.5, 0.6) is 0 Å². The second-order valence-corrected chi connectivity index (χ2v) is 5.12. The molecule has 1 N–H and O–H groups in total. The molecule has 2 rings (SSSR count). The Morgan fingerprint density at radius 3 is 2.09 bits per heavy atom. The summed E-state index contributed by atoms with van der Waals surface area (Å²) in [5.74, 6) is -0.206. The van der Waals surface area contributed by atoms with E-state index in [0.29, 0.717) is 6.61 Å². The first-order valence-corrected chi connectivity index (χ1v) is 7.98. The highest BCUT2D eigenvalue weighted by Gasteiger charge is 2.04. The molecule has 0 heterocycles. The van der Waals surface area contributed by atoms with Gasteiger partial charge in [0.05, 0.1) is 13.2 Å². The SMILES string of the molecule is CCOC(=O)CNCCC=C(c1ccccc1)c1ccccc1. The van der Waals surface area contributed by atoms with E-state index in [9.17, 15) is 4.79 Å². The Hall–Kier alpha value is -2.39. The molecule has 0 amide bonds. The fourth-order valence-electron chi connectivity index (χ4n) is 2.36. The zero-order valence-electron chi connectivity index (χ0n) is 13.5. The summed E-state index contributed by atoms with van der Waals surface area (Å²) in [4.78, 5) is 11.3. The van der Waals surface area contributed by atoms with Crippen LogP contribution in [-0.4, -0.2) is 25.7 Å². The molecular weight excluding hydrogens is 286 g/mol. The molecule has 0 atom stereocenters. The summed E-state index contributed by atoms with van der Waals surface area (Å²) < 4.78 is 4.89. The Balaban J connectivity index is 1.99. The number of hydrogen-bond donors (Lipinski definition) is 1. The molecule has 2 aromatic carbocycles. The van der Waals surface area contributed by atoms with Crippen molar-refractivity contribution >= 4 is 11.5 Å². The molecule has 0 saturated carbocycles. The Labute approximate surface area is 138 Å². The van der Waals surface area contributed by atoms with Crippen molar-refractivity contribution in [3.8, 4) is 0 Å². The van der Waals surface area contributed by atoms with Crippen LogP contribution in [0.4, 0.5) is 0 Å². The van der Waals surface area contributed by atoms with Crippen LogP contribution >= 0.6 is 0 Å². The number of rotatable bonds is 8. The second-order valence-electron chi connectivity index (χ2n) is 5.12. The van der Waals surface area contributed by atoms with Gasteiger partial charge in [-0.05, 0) is 36.6 Å².